The summed E-state index contributed by atoms with van der Waals surface area (Å²) in [4.78, 5) is 24.4. The van der Waals surface area contributed by atoms with E-state index in [1.807, 2.05) is 20.8 Å². The van der Waals surface area contributed by atoms with E-state index in [4.69, 9.17) is 9.47 Å². The van der Waals surface area contributed by atoms with Crippen molar-refractivity contribution in [3.63, 3.8) is 0 Å². The highest BCUT2D eigenvalue weighted by Gasteiger charge is 2.20. The van der Waals surface area contributed by atoms with Crippen LogP contribution in [-0.4, -0.2) is 33.6 Å². The normalized spacial score (nSPS) is 11.6. The predicted octanol–water partition coefficient (Wildman–Crippen LogP) is 4.14. The fraction of sp³-hybridized carbons (Fsp3) is 0.364. The number of sulfonamides is 1. The van der Waals surface area contributed by atoms with Crippen molar-refractivity contribution >= 4 is 27.6 Å². The molecule has 0 amide bonds. The number of rotatable bonds is 7. The third kappa shape index (κ3) is 5.82. The van der Waals surface area contributed by atoms with Crippen molar-refractivity contribution < 1.29 is 27.5 Å². The Balaban J connectivity index is 2.41. The molecule has 0 aliphatic rings. The van der Waals surface area contributed by atoms with Crippen molar-refractivity contribution in [3.05, 3.63) is 59.2 Å². The van der Waals surface area contributed by atoms with Crippen LogP contribution in [0.15, 0.2) is 47.4 Å². The maximum absolute atomic E-state index is 12.8. The zero-order valence-corrected chi connectivity index (χ0v) is 18.6. The van der Waals surface area contributed by atoms with Crippen LogP contribution < -0.4 is 4.72 Å². The van der Waals surface area contributed by atoms with Crippen LogP contribution >= 0.6 is 0 Å². The molecule has 0 spiro atoms. The van der Waals surface area contributed by atoms with Crippen molar-refractivity contribution in [1.82, 2.24) is 0 Å². The molecule has 2 aromatic rings. The summed E-state index contributed by atoms with van der Waals surface area (Å²) >= 11 is 0. The van der Waals surface area contributed by atoms with Crippen LogP contribution in [0.25, 0.3) is 0 Å². The van der Waals surface area contributed by atoms with E-state index in [2.05, 4.69) is 4.72 Å². The van der Waals surface area contributed by atoms with Crippen molar-refractivity contribution in [2.45, 2.75) is 44.9 Å². The maximum Gasteiger partial charge on any atom is 0.338 e. The zero-order chi connectivity index (χ0) is 22.5. The van der Waals surface area contributed by atoms with E-state index in [9.17, 15) is 18.0 Å². The van der Waals surface area contributed by atoms with Crippen LogP contribution in [0.3, 0.4) is 0 Å². The smallest absolute Gasteiger partial charge is 0.338 e. The van der Waals surface area contributed by atoms with Crippen molar-refractivity contribution in [3.8, 4) is 0 Å². The van der Waals surface area contributed by atoms with Gasteiger partial charge in [0.05, 0.1) is 34.9 Å². The van der Waals surface area contributed by atoms with Crippen molar-refractivity contribution in [2.75, 3.05) is 17.9 Å². The summed E-state index contributed by atoms with van der Waals surface area (Å²) in [6.45, 7) is 9.69. The molecule has 162 valence electrons. The summed E-state index contributed by atoms with van der Waals surface area (Å²) in [6, 6.07) is 10.5. The third-order valence-corrected chi connectivity index (χ3v) is 5.64. The number of esters is 2. The molecule has 2 aromatic carbocycles. The lowest BCUT2D eigenvalue weighted by molar-refractivity contribution is 0.0525. The molecule has 0 saturated carbocycles. The van der Waals surface area contributed by atoms with E-state index in [1.54, 1.807) is 26.0 Å². The van der Waals surface area contributed by atoms with Gasteiger partial charge in [-0.1, -0.05) is 32.9 Å². The first kappa shape index (κ1) is 23.4. The second-order valence-electron chi connectivity index (χ2n) is 7.62. The molecule has 7 nitrogen and oxygen atoms in total. The minimum atomic E-state index is -3.94. The van der Waals surface area contributed by atoms with Gasteiger partial charge in [-0.25, -0.2) is 18.0 Å². The van der Waals surface area contributed by atoms with Gasteiger partial charge >= 0.3 is 11.9 Å². The third-order valence-electron chi connectivity index (χ3n) is 4.24. The number of ether oxygens (including phenoxy) is 2. The van der Waals surface area contributed by atoms with Crippen LogP contribution in [0.2, 0.25) is 0 Å². The molecule has 0 unspecified atom stereocenters. The molecule has 0 aliphatic carbocycles. The highest BCUT2D eigenvalue weighted by molar-refractivity contribution is 7.92. The summed E-state index contributed by atoms with van der Waals surface area (Å²) in [5, 5.41) is 0. The number of hydrogen-bond acceptors (Lipinski definition) is 6. The van der Waals surface area contributed by atoms with Gasteiger partial charge in [0.15, 0.2) is 0 Å². The number of hydrogen-bond donors (Lipinski definition) is 1. The number of nitrogens with one attached hydrogen (secondary N) is 1. The van der Waals surface area contributed by atoms with Crippen molar-refractivity contribution in [1.29, 1.82) is 0 Å². The summed E-state index contributed by atoms with van der Waals surface area (Å²) < 4.78 is 38.0. The fourth-order valence-corrected chi connectivity index (χ4v) is 3.74. The first-order valence-electron chi connectivity index (χ1n) is 9.60. The van der Waals surface area contributed by atoms with E-state index in [0.29, 0.717) is 0 Å². The number of anilines is 1. The summed E-state index contributed by atoms with van der Waals surface area (Å²) in [5.41, 5.74) is 1.03. The monoisotopic (exact) mass is 433 g/mol. The Labute approximate surface area is 177 Å². The largest absolute Gasteiger partial charge is 0.462 e. The minimum Gasteiger partial charge on any atom is -0.462 e. The van der Waals surface area contributed by atoms with Crippen molar-refractivity contribution in [2.24, 2.45) is 0 Å². The Bertz CT molecular complexity index is 984. The highest BCUT2D eigenvalue weighted by Crippen LogP contribution is 2.25. The van der Waals surface area contributed by atoms with E-state index < -0.39 is 22.0 Å². The van der Waals surface area contributed by atoms with Crippen LogP contribution in [0.1, 0.15) is 60.9 Å². The lowest BCUT2D eigenvalue weighted by atomic mass is 9.87. The van der Waals surface area contributed by atoms with Gasteiger partial charge in [0, 0.05) is 0 Å². The lowest BCUT2D eigenvalue weighted by Crippen LogP contribution is -2.16. The molecule has 0 atom stereocenters. The SMILES string of the molecule is CCOC(=O)c1cc(NS(=O)(=O)c2ccc(C(C)(C)C)cc2)cc(C(=O)OCC)c1. The van der Waals surface area contributed by atoms with Gasteiger partial charge in [0.25, 0.3) is 10.0 Å². The highest BCUT2D eigenvalue weighted by atomic mass is 32.2. The molecular weight excluding hydrogens is 406 g/mol. The first-order valence-corrected chi connectivity index (χ1v) is 11.1. The second kappa shape index (κ2) is 9.30. The van der Waals surface area contributed by atoms with E-state index >= 15 is 0 Å². The maximum atomic E-state index is 12.8. The lowest BCUT2D eigenvalue weighted by Gasteiger charge is -2.19. The standard InChI is InChI=1S/C22H27NO6S/c1-6-28-20(24)15-12-16(21(25)29-7-2)14-18(13-15)23-30(26,27)19-10-8-17(9-11-19)22(3,4)5/h8-14,23H,6-7H2,1-5H3. The van der Waals surface area contributed by atoms with E-state index in [0.717, 1.165) is 5.56 Å². The molecule has 0 fully saturated rings. The average Bonchev–Trinajstić information content (AvgIpc) is 2.67. The van der Waals surface area contributed by atoms with Gasteiger partial charge < -0.3 is 9.47 Å². The Morgan fingerprint density at radius 3 is 1.73 bits per heavy atom. The fourth-order valence-electron chi connectivity index (χ4n) is 2.70. The quantitative estimate of drug-likeness (QED) is 0.659. The van der Waals surface area contributed by atoms with E-state index in [-0.39, 0.29) is 40.3 Å². The molecule has 30 heavy (non-hydrogen) atoms. The molecule has 0 aliphatic heterocycles. The molecule has 0 radical (unpaired) electrons. The van der Waals surface area contributed by atoms with Gasteiger partial charge in [-0.3, -0.25) is 4.72 Å². The molecule has 1 N–H and O–H groups in total. The minimum absolute atomic E-state index is 0.0446. The number of benzene rings is 2. The van der Waals surface area contributed by atoms with Gasteiger partial charge in [-0.2, -0.15) is 0 Å². The number of carbonyl (C=O) groups excluding carboxylic acids is 2. The Hall–Kier alpha value is -2.87. The molecule has 2 rings (SSSR count). The van der Waals surface area contributed by atoms with Gasteiger partial charge in [-0.05, 0) is 55.2 Å². The molecule has 0 heterocycles. The Morgan fingerprint density at radius 1 is 0.867 bits per heavy atom. The van der Waals surface area contributed by atoms with Crippen LogP contribution in [0.4, 0.5) is 5.69 Å². The first-order chi connectivity index (χ1) is 14.0. The van der Waals surface area contributed by atoms with Crippen LogP contribution in [0.5, 0.6) is 0 Å². The molecule has 0 aromatic heterocycles. The molecule has 0 saturated heterocycles. The summed E-state index contributed by atoms with van der Waals surface area (Å²) in [6.07, 6.45) is 0. The average molecular weight is 434 g/mol. The molecule has 8 heteroatoms. The Kier molecular flexibility index (Phi) is 7.25. The van der Waals surface area contributed by atoms with Crippen LogP contribution in [0, 0.1) is 0 Å². The number of carbonyl (C=O) groups is 2. The predicted molar refractivity (Wildman–Crippen MR) is 114 cm³/mol. The summed E-state index contributed by atoms with van der Waals surface area (Å²) in [5.74, 6) is -1.34. The topological polar surface area (TPSA) is 98.8 Å². The second-order valence-corrected chi connectivity index (χ2v) is 9.30. The van der Waals surface area contributed by atoms with Gasteiger partial charge in [0.1, 0.15) is 0 Å². The van der Waals surface area contributed by atoms with E-state index in [1.165, 1.54) is 30.3 Å². The molecule has 0 bridgehead atoms. The molecular formula is C22H27NO6S. The zero-order valence-electron chi connectivity index (χ0n) is 17.8. The van der Waals surface area contributed by atoms with Gasteiger partial charge in [-0.15, -0.1) is 0 Å². The van der Waals surface area contributed by atoms with Crippen LogP contribution in [-0.2, 0) is 24.9 Å². The summed E-state index contributed by atoms with van der Waals surface area (Å²) in [7, 11) is -3.94. The van der Waals surface area contributed by atoms with Gasteiger partial charge in [0.2, 0.25) is 0 Å². The Morgan fingerprint density at radius 2 is 1.33 bits per heavy atom.